The van der Waals surface area contributed by atoms with Gasteiger partial charge in [0.05, 0.1) is 17.1 Å². The molecule has 0 bridgehead atoms. The Balaban J connectivity index is 2.03. The van der Waals surface area contributed by atoms with Gasteiger partial charge in [0.1, 0.15) is 11.2 Å². The van der Waals surface area contributed by atoms with Crippen molar-refractivity contribution < 1.29 is 13.2 Å². The number of aromatic nitrogens is 5. The average molecular weight is 402 g/mol. The van der Waals surface area contributed by atoms with Crippen LogP contribution in [-0.2, 0) is 9.84 Å². The molecule has 0 atom stereocenters. The van der Waals surface area contributed by atoms with Crippen LogP contribution in [0, 0.1) is 13.8 Å². The Bertz CT molecular complexity index is 1100. The third-order valence-electron chi connectivity index (χ3n) is 4.44. The molecule has 3 rings (SSSR count). The first-order chi connectivity index (χ1) is 13.3. The van der Waals surface area contributed by atoms with Crippen LogP contribution < -0.4 is 0 Å². The van der Waals surface area contributed by atoms with Gasteiger partial charge in [-0.15, -0.1) is 5.10 Å². The van der Waals surface area contributed by atoms with Crippen LogP contribution in [0.4, 0.5) is 4.79 Å². The highest BCUT2D eigenvalue weighted by Gasteiger charge is 2.31. The van der Waals surface area contributed by atoms with Crippen LogP contribution in [0.15, 0.2) is 46.7 Å². The predicted octanol–water partition coefficient (Wildman–Crippen LogP) is 2.22. The Hall–Kier alpha value is -3.01. The summed E-state index contributed by atoms with van der Waals surface area (Å²) in [5.41, 5.74) is 1.54. The SMILES string of the molecule is CCN(CC)C(=O)n1cnc(S(=O)(=O)c2c(C)nn(-c3ccccc3)c2C)n1. The maximum Gasteiger partial charge on any atom is 0.346 e. The number of para-hydroxylation sites is 1. The van der Waals surface area contributed by atoms with Gasteiger partial charge in [-0.3, -0.25) is 0 Å². The Labute approximate surface area is 163 Å². The fourth-order valence-corrected chi connectivity index (χ4v) is 4.50. The molecule has 10 heteroatoms. The number of rotatable bonds is 5. The van der Waals surface area contributed by atoms with Crippen molar-refractivity contribution in [3.8, 4) is 5.69 Å². The van der Waals surface area contributed by atoms with E-state index in [0.29, 0.717) is 24.5 Å². The van der Waals surface area contributed by atoms with Gasteiger partial charge in [-0.1, -0.05) is 18.2 Å². The molecular formula is C18H22N6O3S. The molecule has 0 aliphatic rings. The largest absolute Gasteiger partial charge is 0.346 e. The van der Waals surface area contributed by atoms with Crippen LogP contribution >= 0.6 is 0 Å². The van der Waals surface area contributed by atoms with Gasteiger partial charge in [0.15, 0.2) is 0 Å². The lowest BCUT2D eigenvalue weighted by Gasteiger charge is -2.17. The second-order valence-electron chi connectivity index (χ2n) is 6.18. The Morgan fingerprint density at radius 1 is 1.07 bits per heavy atom. The number of carbonyl (C=O) groups is 1. The number of carbonyl (C=O) groups excluding carboxylic acids is 1. The number of hydrogen-bond donors (Lipinski definition) is 0. The summed E-state index contributed by atoms with van der Waals surface area (Å²) in [7, 11) is -4.04. The molecule has 0 spiro atoms. The summed E-state index contributed by atoms with van der Waals surface area (Å²) < 4.78 is 28.8. The minimum Gasteiger partial charge on any atom is -0.323 e. The standard InChI is InChI=1S/C18H22N6O3S/c1-5-22(6-2)18(25)23-12-19-17(21-23)28(26,27)16-13(3)20-24(14(16)4)15-10-8-7-9-11-15/h7-12H,5-6H2,1-4H3. The number of aryl methyl sites for hydroxylation is 1. The average Bonchev–Trinajstić information content (AvgIpc) is 3.29. The molecule has 3 aromatic rings. The quantitative estimate of drug-likeness (QED) is 0.648. The summed E-state index contributed by atoms with van der Waals surface area (Å²) in [5.74, 6) is 0. The third-order valence-corrected chi connectivity index (χ3v) is 6.23. The molecule has 0 saturated carbocycles. The van der Waals surface area contributed by atoms with Gasteiger partial charge in [0.2, 0.25) is 9.84 Å². The van der Waals surface area contributed by atoms with Crippen molar-refractivity contribution in [2.45, 2.75) is 37.7 Å². The number of benzene rings is 1. The van der Waals surface area contributed by atoms with Crippen molar-refractivity contribution in [2.24, 2.45) is 0 Å². The van der Waals surface area contributed by atoms with E-state index in [2.05, 4.69) is 15.2 Å². The zero-order chi connectivity index (χ0) is 20.5. The smallest absolute Gasteiger partial charge is 0.323 e. The van der Waals surface area contributed by atoms with Gasteiger partial charge in [-0.05, 0) is 39.8 Å². The van der Waals surface area contributed by atoms with Gasteiger partial charge in [-0.2, -0.15) is 9.78 Å². The summed E-state index contributed by atoms with van der Waals surface area (Å²) in [4.78, 5) is 17.8. The molecule has 0 aliphatic carbocycles. The minimum absolute atomic E-state index is 0.0457. The summed E-state index contributed by atoms with van der Waals surface area (Å²) in [6.45, 7) is 7.94. The number of sulfone groups is 1. The van der Waals surface area contributed by atoms with Crippen LogP contribution in [0.5, 0.6) is 0 Å². The Morgan fingerprint density at radius 2 is 1.71 bits per heavy atom. The van der Waals surface area contributed by atoms with E-state index in [-0.39, 0.29) is 4.90 Å². The second kappa shape index (κ2) is 7.55. The maximum atomic E-state index is 13.1. The molecule has 1 aromatic carbocycles. The minimum atomic E-state index is -4.04. The van der Waals surface area contributed by atoms with Crippen LogP contribution in [0.1, 0.15) is 25.2 Å². The molecule has 1 amide bonds. The molecule has 0 N–H and O–H groups in total. The normalized spacial score (nSPS) is 11.6. The first-order valence-corrected chi connectivity index (χ1v) is 10.4. The van der Waals surface area contributed by atoms with Crippen molar-refractivity contribution in [3.63, 3.8) is 0 Å². The van der Waals surface area contributed by atoms with Gasteiger partial charge < -0.3 is 4.90 Å². The molecule has 28 heavy (non-hydrogen) atoms. The van der Waals surface area contributed by atoms with E-state index in [9.17, 15) is 13.2 Å². The zero-order valence-electron chi connectivity index (χ0n) is 16.2. The number of nitrogens with zero attached hydrogens (tertiary/aromatic N) is 6. The zero-order valence-corrected chi connectivity index (χ0v) is 17.0. The number of amides is 1. The molecule has 2 heterocycles. The molecule has 0 aliphatic heterocycles. The lowest BCUT2D eigenvalue weighted by molar-refractivity contribution is 0.201. The fraction of sp³-hybridized carbons (Fsp3) is 0.333. The lowest BCUT2D eigenvalue weighted by atomic mass is 10.3. The van der Waals surface area contributed by atoms with E-state index < -0.39 is 21.0 Å². The van der Waals surface area contributed by atoms with Crippen molar-refractivity contribution in [3.05, 3.63) is 48.0 Å². The second-order valence-corrected chi connectivity index (χ2v) is 7.96. The van der Waals surface area contributed by atoms with E-state index in [1.165, 1.54) is 4.90 Å². The van der Waals surface area contributed by atoms with Crippen molar-refractivity contribution in [2.75, 3.05) is 13.1 Å². The number of hydrogen-bond acceptors (Lipinski definition) is 6. The highest BCUT2D eigenvalue weighted by molar-refractivity contribution is 7.91. The van der Waals surface area contributed by atoms with Crippen LogP contribution in [0.2, 0.25) is 0 Å². The molecule has 0 radical (unpaired) electrons. The van der Waals surface area contributed by atoms with E-state index in [1.54, 1.807) is 18.5 Å². The third kappa shape index (κ3) is 3.31. The predicted molar refractivity (Wildman–Crippen MR) is 102 cm³/mol. The Kier molecular flexibility index (Phi) is 5.32. The van der Waals surface area contributed by atoms with E-state index in [0.717, 1.165) is 16.7 Å². The molecule has 2 aromatic heterocycles. The van der Waals surface area contributed by atoms with Crippen molar-refractivity contribution in [1.29, 1.82) is 0 Å². The first-order valence-electron chi connectivity index (χ1n) is 8.88. The highest BCUT2D eigenvalue weighted by atomic mass is 32.2. The van der Waals surface area contributed by atoms with E-state index in [1.807, 2.05) is 44.2 Å². The van der Waals surface area contributed by atoms with Crippen molar-refractivity contribution in [1.82, 2.24) is 29.4 Å². The summed E-state index contributed by atoms with van der Waals surface area (Å²) >= 11 is 0. The molecular weight excluding hydrogens is 380 g/mol. The first kappa shape index (κ1) is 19.7. The summed E-state index contributed by atoms with van der Waals surface area (Å²) in [5, 5.41) is 7.87. The van der Waals surface area contributed by atoms with Gasteiger partial charge in [0.25, 0.3) is 5.16 Å². The van der Waals surface area contributed by atoms with Gasteiger partial charge in [-0.25, -0.2) is 22.9 Å². The molecule has 0 unspecified atom stereocenters. The van der Waals surface area contributed by atoms with Crippen molar-refractivity contribution >= 4 is 15.9 Å². The van der Waals surface area contributed by atoms with Crippen LogP contribution in [0.25, 0.3) is 5.69 Å². The topological polar surface area (TPSA) is 103 Å². The lowest BCUT2D eigenvalue weighted by Crippen LogP contribution is -2.34. The maximum absolute atomic E-state index is 13.1. The van der Waals surface area contributed by atoms with E-state index in [4.69, 9.17) is 0 Å². The fourth-order valence-electron chi connectivity index (χ4n) is 3.03. The molecule has 148 valence electrons. The molecule has 9 nitrogen and oxygen atoms in total. The van der Waals surface area contributed by atoms with Gasteiger partial charge in [0, 0.05) is 13.1 Å². The summed E-state index contributed by atoms with van der Waals surface area (Å²) in [6, 6.07) is 8.82. The molecule has 0 saturated heterocycles. The highest BCUT2D eigenvalue weighted by Crippen LogP contribution is 2.26. The van der Waals surface area contributed by atoms with Crippen LogP contribution in [0.3, 0.4) is 0 Å². The monoisotopic (exact) mass is 402 g/mol. The van der Waals surface area contributed by atoms with E-state index >= 15 is 0 Å². The Morgan fingerprint density at radius 3 is 2.32 bits per heavy atom. The van der Waals surface area contributed by atoms with Gasteiger partial charge >= 0.3 is 6.03 Å². The van der Waals surface area contributed by atoms with Crippen LogP contribution in [-0.4, -0.2) is 57.0 Å². The summed E-state index contributed by atoms with van der Waals surface area (Å²) in [6.07, 6.45) is 1.12. The molecule has 0 fully saturated rings.